The van der Waals surface area contributed by atoms with Gasteiger partial charge in [0.25, 0.3) is 11.8 Å². The van der Waals surface area contributed by atoms with Crippen LogP contribution in [0.15, 0.2) is 61.1 Å². The van der Waals surface area contributed by atoms with Crippen LogP contribution in [0.5, 0.6) is 0 Å². The van der Waals surface area contributed by atoms with Gasteiger partial charge in [0.05, 0.1) is 5.56 Å². The van der Waals surface area contributed by atoms with Gasteiger partial charge in [0.2, 0.25) is 5.95 Å². The summed E-state index contributed by atoms with van der Waals surface area (Å²) in [5, 5.41) is 3.01. The summed E-state index contributed by atoms with van der Waals surface area (Å²) in [4.78, 5) is 27.2. The Morgan fingerprint density at radius 3 is 2.39 bits per heavy atom. The van der Waals surface area contributed by atoms with Crippen molar-refractivity contribution in [3.05, 3.63) is 72.3 Å². The summed E-state index contributed by atoms with van der Waals surface area (Å²) >= 11 is 0. The van der Waals surface area contributed by atoms with Crippen molar-refractivity contribution in [2.24, 2.45) is 0 Å². The molecule has 0 spiro atoms. The van der Waals surface area contributed by atoms with Crippen molar-refractivity contribution in [2.45, 2.75) is 32.7 Å². The Bertz CT molecular complexity index is 1010. The first-order valence-corrected chi connectivity index (χ1v) is 10.1. The fourth-order valence-electron chi connectivity index (χ4n) is 3.21. The van der Waals surface area contributed by atoms with Crippen LogP contribution in [-0.4, -0.2) is 44.9 Å². The lowest BCUT2D eigenvalue weighted by molar-refractivity contribution is 0.0167. The first-order chi connectivity index (χ1) is 14.8. The van der Waals surface area contributed by atoms with Crippen molar-refractivity contribution in [3.8, 4) is 11.1 Å². The summed E-state index contributed by atoms with van der Waals surface area (Å²) in [6.45, 7) is 5.43. The molecule has 0 bridgehead atoms. The lowest BCUT2D eigenvalue weighted by Gasteiger charge is -2.28. The number of nitrogens with one attached hydrogen (secondary N) is 1. The highest BCUT2D eigenvalue weighted by Crippen LogP contribution is 2.26. The molecule has 0 radical (unpaired) electrons. The van der Waals surface area contributed by atoms with Gasteiger partial charge < -0.3 is 10.2 Å². The van der Waals surface area contributed by atoms with Crippen LogP contribution in [0.1, 0.15) is 36.8 Å². The molecule has 31 heavy (non-hydrogen) atoms. The third-order valence-corrected chi connectivity index (χ3v) is 4.94. The molecule has 162 valence electrons. The number of anilines is 1. The molecular weight excluding hydrogens is 400 g/mol. The maximum atomic E-state index is 13.3. The molecule has 1 aromatic carbocycles. The summed E-state index contributed by atoms with van der Waals surface area (Å²) in [7, 11) is 0. The zero-order valence-corrected chi connectivity index (χ0v) is 17.7. The second-order valence-corrected chi connectivity index (χ2v) is 7.27. The molecule has 0 saturated heterocycles. The highest BCUT2D eigenvalue weighted by Gasteiger charge is 2.26. The normalized spacial score (nSPS) is 12.3. The van der Waals surface area contributed by atoms with Crippen LogP contribution >= 0.6 is 0 Å². The van der Waals surface area contributed by atoms with Gasteiger partial charge in [-0.2, -0.15) is 0 Å². The average molecular weight is 425 g/mol. The molecule has 3 rings (SSSR count). The molecule has 3 aromatic rings. The van der Waals surface area contributed by atoms with E-state index in [9.17, 15) is 13.6 Å². The number of carbonyl (C=O) groups is 1. The number of halogens is 2. The maximum absolute atomic E-state index is 13.3. The fourth-order valence-corrected chi connectivity index (χ4v) is 3.21. The number of hydrogen-bond acceptors (Lipinski definition) is 5. The molecule has 0 aliphatic carbocycles. The van der Waals surface area contributed by atoms with Gasteiger partial charge in [0.15, 0.2) is 0 Å². The predicted octanol–water partition coefficient (Wildman–Crippen LogP) is 4.61. The first kappa shape index (κ1) is 22.3. The van der Waals surface area contributed by atoms with E-state index in [0.717, 1.165) is 30.4 Å². The summed E-state index contributed by atoms with van der Waals surface area (Å²) in [5.74, 6) is -2.94. The molecule has 0 unspecified atom stereocenters. The second kappa shape index (κ2) is 9.59. The number of nitrogens with zero attached hydrogens (tertiary/aromatic N) is 4. The minimum Gasteiger partial charge on any atom is -0.352 e. The van der Waals surface area contributed by atoms with Crippen LogP contribution in [0.3, 0.4) is 0 Å². The van der Waals surface area contributed by atoms with Crippen LogP contribution in [0.4, 0.5) is 14.7 Å². The van der Waals surface area contributed by atoms with Gasteiger partial charge in [0, 0.05) is 50.2 Å². The Hall–Kier alpha value is -3.42. The third kappa shape index (κ3) is 5.39. The van der Waals surface area contributed by atoms with Crippen molar-refractivity contribution < 1.29 is 13.6 Å². The van der Waals surface area contributed by atoms with E-state index >= 15 is 0 Å². The van der Waals surface area contributed by atoms with E-state index in [0.29, 0.717) is 18.8 Å². The number of alkyl halides is 2. The number of carbonyl (C=O) groups excluding carboxylic acids is 1. The highest BCUT2D eigenvalue weighted by molar-refractivity contribution is 5.99. The Morgan fingerprint density at radius 1 is 1.10 bits per heavy atom. The van der Waals surface area contributed by atoms with E-state index in [1.807, 2.05) is 50.2 Å². The predicted molar refractivity (Wildman–Crippen MR) is 116 cm³/mol. The number of likely N-dealkylation sites (N-methyl/N-ethyl adjacent to an activating group) is 1. The molecule has 0 fully saturated rings. The van der Waals surface area contributed by atoms with E-state index < -0.39 is 5.92 Å². The van der Waals surface area contributed by atoms with Crippen LogP contribution in [0.25, 0.3) is 11.1 Å². The summed E-state index contributed by atoms with van der Waals surface area (Å²) in [6.07, 6.45) is 3.81. The SMILES string of the molecule is CCN(C(=O)c1ncccc1-c1ccccc1)[C@@H](C)CNc1ncc(C(C)(F)F)cn1. The summed E-state index contributed by atoms with van der Waals surface area (Å²) in [6, 6.07) is 13.1. The van der Waals surface area contributed by atoms with Crippen LogP contribution in [-0.2, 0) is 5.92 Å². The molecule has 0 saturated carbocycles. The monoisotopic (exact) mass is 425 g/mol. The quantitative estimate of drug-likeness (QED) is 0.571. The number of hydrogen-bond donors (Lipinski definition) is 1. The lowest BCUT2D eigenvalue weighted by Crippen LogP contribution is -2.42. The van der Waals surface area contributed by atoms with Gasteiger partial charge in [-0.3, -0.25) is 9.78 Å². The number of pyridine rings is 1. The highest BCUT2D eigenvalue weighted by atomic mass is 19.3. The van der Waals surface area contributed by atoms with Crippen LogP contribution < -0.4 is 5.32 Å². The van der Waals surface area contributed by atoms with Gasteiger partial charge >= 0.3 is 0 Å². The van der Waals surface area contributed by atoms with Gasteiger partial charge in [-0.15, -0.1) is 0 Å². The van der Waals surface area contributed by atoms with Gasteiger partial charge in [-0.05, 0) is 25.5 Å². The standard InChI is InChI=1S/C23H25F2N5O/c1-4-30(16(2)13-27-22-28-14-18(15-29-22)23(3,24)25)21(31)20-19(11-8-12-26-20)17-9-6-5-7-10-17/h5-12,14-16H,4,13H2,1-3H3,(H,27,28,29)/t16-/m0/s1. The summed E-state index contributed by atoms with van der Waals surface area (Å²) < 4.78 is 26.6. The minimum absolute atomic E-state index is 0.182. The van der Waals surface area contributed by atoms with Crippen molar-refractivity contribution >= 4 is 11.9 Å². The van der Waals surface area contributed by atoms with Gasteiger partial charge in [-0.25, -0.2) is 18.7 Å². The zero-order chi connectivity index (χ0) is 22.4. The number of aromatic nitrogens is 3. The minimum atomic E-state index is -2.99. The molecule has 8 heteroatoms. The smallest absolute Gasteiger partial charge is 0.273 e. The molecular formula is C23H25F2N5O. The third-order valence-electron chi connectivity index (χ3n) is 4.94. The summed E-state index contributed by atoms with van der Waals surface area (Å²) in [5.41, 5.74) is 1.82. The topological polar surface area (TPSA) is 71.0 Å². The Morgan fingerprint density at radius 2 is 1.77 bits per heavy atom. The van der Waals surface area contributed by atoms with E-state index in [-0.39, 0.29) is 23.5 Å². The molecule has 0 aliphatic heterocycles. The average Bonchev–Trinajstić information content (AvgIpc) is 2.78. The molecule has 0 aliphatic rings. The van der Waals surface area contributed by atoms with Crippen LogP contribution in [0, 0.1) is 0 Å². The number of benzene rings is 1. The zero-order valence-electron chi connectivity index (χ0n) is 17.7. The molecule has 2 aromatic heterocycles. The van der Waals surface area contributed by atoms with Crippen LogP contribution in [0.2, 0.25) is 0 Å². The largest absolute Gasteiger partial charge is 0.352 e. The second-order valence-electron chi connectivity index (χ2n) is 7.27. The first-order valence-electron chi connectivity index (χ1n) is 10.1. The van der Waals surface area contributed by atoms with Crippen molar-refractivity contribution in [1.29, 1.82) is 0 Å². The Labute approximate surface area is 180 Å². The Kier molecular flexibility index (Phi) is 6.89. The maximum Gasteiger partial charge on any atom is 0.273 e. The van der Waals surface area contributed by atoms with Crippen molar-refractivity contribution in [3.63, 3.8) is 0 Å². The van der Waals surface area contributed by atoms with E-state index in [1.165, 1.54) is 0 Å². The van der Waals surface area contributed by atoms with Gasteiger partial charge in [-0.1, -0.05) is 36.4 Å². The molecule has 1 atom stereocenters. The molecule has 6 nitrogen and oxygen atoms in total. The van der Waals surface area contributed by atoms with Gasteiger partial charge in [0.1, 0.15) is 5.69 Å². The van der Waals surface area contributed by atoms with E-state index in [2.05, 4.69) is 20.3 Å². The number of rotatable bonds is 8. The van der Waals surface area contributed by atoms with E-state index in [4.69, 9.17) is 0 Å². The molecule has 1 amide bonds. The molecule has 2 heterocycles. The molecule has 1 N–H and O–H groups in total. The number of amides is 1. The van der Waals surface area contributed by atoms with E-state index in [1.54, 1.807) is 17.2 Å². The van der Waals surface area contributed by atoms with Crippen molar-refractivity contribution in [1.82, 2.24) is 19.9 Å². The Balaban J connectivity index is 1.73. The lowest BCUT2D eigenvalue weighted by atomic mass is 10.0. The van der Waals surface area contributed by atoms with Crippen molar-refractivity contribution in [2.75, 3.05) is 18.4 Å². The fraction of sp³-hybridized carbons (Fsp3) is 0.304.